The van der Waals surface area contributed by atoms with Gasteiger partial charge in [-0.25, -0.2) is 12.4 Å². The molecule has 1 unspecified atom stereocenters. The first kappa shape index (κ1) is 15.6. The van der Waals surface area contributed by atoms with Gasteiger partial charge in [0.05, 0.1) is 10.4 Å². The van der Waals surface area contributed by atoms with Gasteiger partial charge in [0.2, 0.25) is 0 Å². The highest BCUT2D eigenvalue weighted by molar-refractivity contribution is 7.90. The second kappa shape index (κ2) is 6.05. The average Bonchev–Trinajstić information content (AvgIpc) is 2.96. The molecule has 118 valence electrons. The predicted molar refractivity (Wildman–Crippen MR) is 94.2 cm³/mol. The van der Waals surface area contributed by atoms with Crippen LogP contribution in [0.3, 0.4) is 0 Å². The van der Waals surface area contributed by atoms with Gasteiger partial charge in [-0.1, -0.05) is 55.5 Å². The smallest absolute Gasteiger partial charge is 0.237 e. The minimum absolute atomic E-state index is 0.00545. The zero-order chi connectivity index (χ0) is 16.4. The summed E-state index contributed by atoms with van der Waals surface area (Å²) in [6.45, 7) is 3.94. The molecule has 3 aromatic rings. The van der Waals surface area contributed by atoms with Crippen molar-refractivity contribution < 1.29 is 8.42 Å². The highest BCUT2D eigenvalue weighted by atomic mass is 32.2. The molecule has 0 amide bonds. The highest BCUT2D eigenvalue weighted by Crippen LogP contribution is 2.30. The number of hydrogen-bond acceptors (Lipinski definition) is 2. The summed E-state index contributed by atoms with van der Waals surface area (Å²) in [4.78, 5) is 0.301. The second-order valence-corrected chi connectivity index (χ2v) is 7.31. The van der Waals surface area contributed by atoms with Gasteiger partial charge >= 0.3 is 0 Å². The standard InChI is InChI=1S/C19H19NO2S/c1-3-9-15(2)19-14-16-10-7-8-13-18(16)20(19)23(21,22)17-11-5-4-6-12-17/h3-15H,1-2H3/b9-3+. The van der Waals surface area contributed by atoms with Gasteiger partial charge in [0, 0.05) is 17.0 Å². The maximum absolute atomic E-state index is 13.2. The molecule has 23 heavy (non-hydrogen) atoms. The summed E-state index contributed by atoms with van der Waals surface area (Å²) in [7, 11) is -3.63. The van der Waals surface area contributed by atoms with E-state index in [1.165, 1.54) is 3.97 Å². The topological polar surface area (TPSA) is 39.1 Å². The molecule has 0 aliphatic carbocycles. The number of para-hydroxylation sites is 1. The van der Waals surface area contributed by atoms with E-state index in [0.717, 1.165) is 11.1 Å². The van der Waals surface area contributed by atoms with Crippen LogP contribution >= 0.6 is 0 Å². The Morgan fingerprint density at radius 1 is 1.00 bits per heavy atom. The summed E-state index contributed by atoms with van der Waals surface area (Å²) in [5.74, 6) is 0.00545. The number of hydrogen-bond donors (Lipinski definition) is 0. The molecule has 0 N–H and O–H groups in total. The van der Waals surface area contributed by atoms with Gasteiger partial charge < -0.3 is 0 Å². The van der Waals surface area contributed by atoms with E-state index >= 15 is 0 Å². The molecule has 0 saturated carbocycles. The zero-order valence-corrected chi connectivity index (χ0v) is 14.0. The van der Waals surface area contributed by atoms with E-state index in [4.69, 9.17) is 0 Å². The summed E-state index contributed by atoms with van der Waals surface area (Å²) >= 11 is 0. The van der Waals surface area contributed by atoms with Gasteiger partial charge in [0.25, 0.3) is 10.0 Å². The Bertz CT molecular complexity index is 953. The molecule has 1 heterocycles. The van der Waals surface area contributed by atoms with Crippen molar-refractivity contribution in [2.45, 2.75) is 24.7 Å². The lowest BCUT2D eigenvalue weighted by molar-refractivity contribution is 0.586. The van der Waals surface area contributed by atoms with Crippen molar-refractivity contribution in [1.82, 2.24) is 3.97 Å². The lowest BCUT2D eigenvalue weighted by Crippen LogP contribution is -2.16. The first-order chi connectivity index (χ1) is 11.1. The van der Waals surface area contributed by atoms with Crippen molar-refractivity contribution in [3.63, 3.8) is 0 Å². The van der Waals surface area contributed by atoms with Crippen LogP contribution in [0.15, 0.2) is 77.7 Å². The summed E-state index contributed by atoms with van der Waals surface area (Å²) in [6.07, 6.45) is 3.95. The minimum atomic E-state index is -3.63. The molecule has 4 heteroatoms. The summed E-state index contributed by atoms with van der Waals surface area (Å²) < 4.78 is 27.8. The normalized spacial score (nSPS) is 13.7. The molecular weight excluding hydrogens is 306 g/mol. The number of allylic oxidation sites excluding steroid dienone is 2. The molecule has 0 spiro atoms. The van der Waals surface area contributed by atoms with Crippen LogP contribution in [0.1, 0.15) is 25.5 Å². The van der Waals surface area contributed by atoms with E-state index < -0.39 is 10.0 Å². The second-order valence-electron chi connectivity index (χ2n) is 5.52. The predicted octanol–water partition coefficient (Wildman–Crippen LogP) is 4.56. The number of benzene rings is 2. The molecule has 1 aromatic heterocycles. The van der Waals surface area contributed by atoms with Crippen molar-refractivity contribution in [3.8, 4) is 0 Å². The maximum atomic E-state index is 13.2. The fraction of sp³-hybridized carbons (Fsp3) is 0.158. The van der Waals surface area contributed by atoms with Crippen LogP contribution < -0.4 is 0 Å². The van der Waals surface area contributed by atoms with E-state index in [9.17, 15) is 8.42 Å². The molecule has 0 bridgehead atoms. The van der Waals surface area contributed by atoms with Gasteiger partial charge in [-0.05, 0) is 31.2 Å². The molecule has 2 aromatic carbocycles. The molecule has 0 aliphatic heterocycles. The highest BCUT2D eigenvalue weighted by Gasteiger charge is 2.24. The van der Waals surface area contributed by atoms with Crippen LogP contribution in [0.25, 0.3) is 10.9 Å². The Hall–Kier alpha value is -2.33. The van der Waals surface area contributed by atoms with Crippen molar-refractivity contribution in [2.24, 2.45) is 0 Å². The Morgan fingerprint density at radius 2 is 1.65 bits per heavy atom. The third-order valence-corrected chi connectivity index (χ3v) is 5.68. The molecule has 3 nitrogen and oxygen atoms in total. The van der Waals surface area contributed by atoms with Gasteiger partial charge in [0.15, 0.2) is 0 Å². The van der Waals surface area contributed by atoms with Gasteiger partial charge in [-0.2, -0.15) is 0 Å². The van der Waals surface area contributed by atoms with Crippen molar-refractivity contribution in [1.29, 1.82) is 0 Å². The number of rotatable bonds is 4. The lowest BCUT2D eigenvalue weighted by atomic mass is 10.1. The Morgan fingerprint density at radius 3 is 2.35 bits per heavy atom. The van der Waals surface area contributed by atoms with Crippen LogP contribution in [0.5, 0.6) is 0 Å². The fourth-order valence-corrected chi connectivity index (χ4v) is 4.45. The van der Waals surface area contributed by atoms with Crippen molar-refractivity contribution in [3.05, 3.63) is 78.5 Å². The SMILES string of the molecule is C/C=C/C(C)c1cc2ccccc2n1S(=O)(=O)c1ccccc1. The van der Waals surface area contributed by atoms with Crippen molar-refractivity contribution in [2.75, 3.05) is 0 Å². The minimum Gasteiger partial charge on any atom is -0.237 e. The Labute approximate surface area is 136 Å². The van der Waals surface area contributed by atoms with Gasteiger partial charge in [-0.3, -0.25) is 0 Å². The van der Waals surface area contributed by atoms with Crippen LogP contribution in [-0.4, -0.2) is 12.4 Å². The zero-order valence-electron chi connectivity index (χ0n) is 13.2. The summed E-state index contributed by atoms with van der Waals surface area (Å²) in [5.41, 5.74) is 1.48. The molecule has 0 radical (unpaired) electrons. The van der Waals surface area contributed by atoms with Gasteiger partial charge in [0.1, 0.15) is 0 Å². The monoisotopic (exact) mass is 325 g/mol. The van der Waals surface area contributed by atoms with Crippen LogP contribution in [0, 0.1) is 0 Å². The lowest BCUT2D eigenvalue weighted by Gasteiger charge is -2.14. The summed E-state index contributed by atoms with van der Waals surface area (Å²) in [5, 5.41) is 0.929. The first-order valence-corrected chi connectivity index (χ1v) is 9.03. The van der Waals surface area contributed by atoms with Crippen molar-refractivity contribution >= 4 is 20.9 Å². The van der Waals surface area contributed by atoms with E-state index in [0.29, 0.717) is 10.4 Å². The number of aromatic nitrogens is 1. The van der Waals surface area contributed by atoms with Crippen LogP contribution in [-0.2, 0) is 10.0 Å². The Kier molecular flexibility index (Phi) is 4.09. The van der Waals surface area contributed by atoms with Crippen LogP contribution in [0.4, 0.5) is 0 Å². The maximum Gasteiger partial charge on any atom is 0.268 e. The quantitative estimate of drug-likeness (QED) is 0.660. The number of nitrogens with zero attached hydrogens (tertiary/aromatic N) is 1. The summed E-state index contributed by atoms with van der Waals surface area (Å²) in [6, 6.07) is 18.1. The Balaban J connectivity index is 2.33. The fourth-order valence-electron chi connectivity index (χ4n) is 2.82. The molecule has 0 fully saturated rings. The molecule has 0 aliphatic rings. The van der Waals surface area contributed by atoms with Gasteiger partial charge in [-0.15, -0.1) is 0 Å². The number of fused-ring (bicyclic) bond motifs is 1. The molecule has 1 atom stereocenters. The van der Waals surface area contributed by atoms with E-state index in [1.54, 1.807) is 24.3 Å². The molecule has 0 saturated heterocycles. The van der Waals surface area contributed by atoms with E-state index in [1.807, 2.05) is 62.4 Å². The van der Waals surface area contributed by atoms with E-state index in [2.05, 4.69) is 0 Å². The van der Waals surface area contributed by atoms with Crippen LogP contribution in [0.2, 0.25) is 0 Å². The molecular formula is C19H19NO2S. The third kappa shape index (κ3) is 2.70. The third-order valence-electron chi connectivity index (χ3n) is 3.92. The average molecular weight is 325 g/mol. The first-order valence-electron chi connectivity index (χ1n) is 7.59. The largest absolute Gasteiger partial charge is 0.268 e. The van der Waals surface area contributed by atoms with E-state index in [-0.39, 0.29) is 5.92 Å². The molecule has 3 rings (SSSR count).